The molecule has 0 spiro atoms. The third-order valence-corrected chi connectivity index (χ3v) is 4.08. The molecule has 0 saturated carbocycles. The number of piperidine rings is 1. The molecule has 0 bridgehead atoms. The van der Waals surface area contributed by atoms with Gasteiger partial charge >= 0.3 is 0 Å². The predicted molar refractivity (Wildman–Crippen MR) is 60.3 cm³/mol. The van der Waals surface area contributed by atoms with Gasteiger partial charge in [-0.1, -0.05) is 11.8 Å². The number of hydrogen-bond acceptors (Lipinski definition) is 4. The third-order valence-electron chi connectivity index (χ3n) is 3.16. The van der Waals surface area contributed by atoms with Gasteiger partial charge in [0.25, 0.3) is 0 Å². The number of rotatable bonds is 1. The lowest BCUT2D eigenvalue weighted by atomic mass is 9.94. The number of amidine groups is 1. The van der Waals surface area contributed by atoms with Crippen molar-refractivity contribution in [1.29, 1.82) is 0 Å². The van der Waals surface area contributed by atoms with Crippen molar-refractivity contribution < 1.29 is 0 Å². The molecule has 3 heterocycles. The minimum atomic E-state index is 0.773. The molecule has 4 heteroatoms. The van der Waals surface area contributed by atoms with Crippen LogP contribution in [-0.4, -0.2) is 36.2 Å². The van der Waals surface area contributed by atoms with Gasteiger partial charge in [0, 0.05) is 18.2 Å². The van der Waals surface area contributed by atoms with E-state index in [0.29, 0.717) is 0 Å². The summed E-state index contributed by atoms with van der Waals surface area (Å²) in [5.74, 6) is 0.773. The highest BCUT2D eigenvalue weighted by atomic mass is 32.2. The van der Waals surface area contributed by atoms with Crippen LogP contribution in [0.4, 0.5) is 0 Å². The molecule has 0 aromatic rings. The van der Waals surface area contributed by atoms with E-state index in [2.05, 4.69) is 20.6 Å². The Morgan fingerprint density at radius 1 is 1.43 bits per heavy atom. The Hall–Kier alpha value is -0.480. The summed E-state index contributed by atoms with van der Waals surface area (Å²) in [6.45, 7) is 4.45. The zero-order valence-corrected chi connectivity index (χ0v) is 9.02. The Bertz CT molecular complexity index is 292. The first kappa shape index (κ1) is 8.80. The molecule has 3 aliphatic rings. The van der Waals surface area contributed by atoms with Gasteiger partial charge in [-0.25, -0.2) is 0 Å². The third kappa shape index (κ3) is 1.37. The molecule has 3 aliphatic heterocycles. The molecule has 0 aromatic heterocycles. The molecule has 0 aliphatic carbocycles. The minimum Gasteiger partial charge on any atom is -0.322 e. The molecule has 1 saturated heterocycles. The Morgan fingerprint density at radius 3 is 3.14 bits per heavy atom. The molecule has 3 nitrogen and oxygen atoms in total. The van der Waals surface area contributed by atoms with Crippen molar-refractivity contribution in [1.82, 2.24) is 10.2 Å². The monoisotopic (exact) mass is 209 g/mol. The van der Waals surface area contributed by atoms with Crippen molar-refractivity contribution in [3.8, 4) is 0 Å². The largest absolute Gasteiger partial charge is 0.322 e. The van der Waals surface area contributed by atoms with Gasteiger partial charge in [0.05, 0.1) is 6.54 Å². The second-order valence-corrected chi connectivity index (χ2v) is 4.84. The SMILES string of the molecule is C1=C(C2CCNCC2)N2CCN=C2S1. The molecule has 0 radical (unpaired) electrons. The van der Waals surface area contributed by atoms with Crippen LogP contribution in [-0.2, 0) is 0 Å². The lowest BCUT2D eigenvalue weighted by molar-refractivity contribution is 0.364. The average Bonchev–Trinajstić information content (AvgIpc) is 2.79. The van der Waals surface area contributed by atoms with Gasteiger partial charge in [-0.3, -0.25) is 4.99 Å². The molecule has 0 unspecified atom stereocenters. The lowest BCUT2D eigenvalue weighted by Crippen LogP contribution is -2.33. The molecule has 0 aromatic carbocycles. The fraction of sp³-hybridized carbons (Fsp3) is 0.700. The van der Waals surface area contributed by atoms with Gasteiger partial charge in [0.2, 0.25) is 0 Å². The lowest BCUT2D eigenvalue weighted by Gasteiger charge is -2.28. The molecule has 14 heavy (non-hydrogen) atoms. The Labute approximate surface area is 88.6 Å². The molecule has 0 atom stereocenters. The molecular formula is C10H15N3S. The van der Waals surface area contributed by atoms with E-state index in [1.165, 1.54) is 36.8 Å². The quantitative estimate of drug-likeness (QED) is 0.704. The van der Waals surface area contributed by atoms with E-state index in [1.807, 2.05) is 11.8 Å². The van der Waals surface area contributed by atoms with Crippen molar-refractivity contribution in [2.75, 3.05) is 26.2 Å². The van der Waals surface area contributed by atoms with Gasteiger partial charge in [-0.05, 0) is 31.3 Å². The fourth-order valence-electron chi connectivity index (χ4n) is 2.38. The van der Waals surface area contributed by atoms with Crippen LogP contribution in [0, 0.1) is 5.92 Å². The second kappa shape index (κ2) is 3.59. The maximum absolute atomic E-state index is 4.48. The molecule has 1 N–H and O–H groups in total. The van der Waals surface area contributed by atoms with Crippen molar-refractivity contribution in [3.05, 3.63) is 11.1 Å². The van der Waals surface area contributed by atoms with Crippen LogP contribution >= 0.6 is 11.8 Å². The van der Waals surface area contributed by atoms with E-state index in [1.54, 1.807) is 0 Å². The number of nitrogens with zero attached hydrogens (tertiary/aromatic N) is 2. The van der Waals surface area contributed by atoms with Crippen LogP contribution in [0.25, 0.3) is 0 Å². The topological polar surface area (TPSA) is 27.6 Å². The van der Waals surface area contributed by atoms with Gasteiger partial charge in [-0.15, -0.1) is 0 Å². The first-order valence-corrected chi connectivity index (χ1v) is 6.22. The number of hydrogen-bond donors (Lipinski definition) is 1. The average molecular weight is 209 g/mol. The van der Waals surface area contributed by atoms with Crippen LogP contribution < -0.4 is 5.32 Å². The minimum absolute atomic E-state index is 0.773. The van der Waals surface area contributed by atoms with E-state index in [0.717, 1.165) is 19.0 Å². The predicted octanol–water partition coefficient (Wildman–Crippen LogP) is 1.25. The summed E-state index contributed by atoms with van der Waals surface area (Å²) in [5, 5.41) is 6.96. The summed E-state index contributed by atoms with van der Waals surface area (Å²) in [6.07, 6.45) is 2.58. The van der Waals surface area contributed by atoms with Crippen molar-refractivity contribution >= 4 is 16.9 Å². The van der Waals surface area contributed by atoms with Gasteiger partial charge in [0.15, 0.2) is 5.17 Å². The fourth-order valence-corrected chi connectivity index (χ4v) is 3.41. The van der Waals surface area contributed by atoms with Gasteiger partial charge in [0.1, 0.15) is 0 Å². The van der Waals surface area contributed by atoms with Gasteiger partial charge in [-0.2, -0.15) is 0 Å². The maximum Gasteiger partial charge on any atom is 0.167 e. The molecule has 0 amide bonds. The summed E-state index contributed by atoms with van der Waals surface area (Å²) < 4.78 is 0. The van der Waals surface area contributed by atoms with Crippen molar-refractivity contribution in [2.24, 2.45) is 10.9 Å². The van der Waals surface area contributed by atoms with E-state index >= 15 is 0 Å². The highest BCUT2D eigenvalue weighted by molar-refractivity contribution is 8.16. The first-order chi connectivity index (χ1) is 6.95. The molecular weight excluding hydrogens is 194 g/mol. The van der Waals surface area contributed by atoms with Gasteiger partial charge < -0.3 is 10.2 Å². The highest BCUT2D eigenvalue weighted by Crippen LogP contribution is 2.36. The summed E-state index contributed by atoms with van der Waals surface area (Å²) >= 11 is 1.81. The summed E-state index contributed by atoms with van der Waals surface area (Å²) in [6, 6.07) is 0. The standard InChI is InChI=1S/C10H15N3S/c1-3-11-4-2-8(1)9-7-14-10-12-5-6-13(9)10/h7-8,11H,1-6H2. The smallest absolute Gasteiger partial charge is 0.167 e. The summed E-state index contributed by atoms with van der Waals surface area (Å²) in [5.41, 5.74) is 1.53. The maximum atomic E-state index is 4.48. The number of thioether (sulfide) groups is 1. The number of nitrogens with one attached hydrogen (secondary N) is 1. The normalized spacial score (nSPS) is 27.6. The van der Waals surface area contributed by atoms with Crippen LogP contribution in [0.3, 0.4) is 0 Å². The number of aliphatic imine (C=N–C) groups is 1. The van der Waals surface area contributed by atoms with Crippen LogP contribution in [0.1, 0.15) is 12.8 Å². The van der Waals surface area contributed by atoms with E-state index in [4.69, 9.17) is 0 Å². The number of allylic oxidation sites excluding steroid dienone is 1. The van der Waals surface area contributed by atoms with E-state index in [9.17, 15) is 0 Å². The molecule has 1 fully saturated rings. The summed E-state index contributed by atoms with van der Waals surface area (Å²) in [7, 11) is 0. The Balaban J connectivity index is 1.75. The molecule has 76 valence electrons. The van der Waals surface area contributed by atoms with Crippen LogP contribution in [0.2, 0.25) is 0 Å². The zero-order valence-electron chi connectivity index (χ0n) is 8.20. The summed E-state index contributed by atoms with van der Waals surface area (Å²) in [4.78, 5) is 6.90. The number of fused-ring (bicyclic) bond motifs is 1. The molecule has 3 rings (SSSR count). The Kier molecular flexibility index (Phi) is 2.25. The zero-order chi connectivity index (χ0) is 9.38. The van der Waals surface area contributed by atoms with Crippen LogP contribution in [0.15, 0.2) is 16.1 Å². The van der Waals surface area contributed by atoms with Crippen molar-refractivity contribution in [3.63, 3.8) is 0 Å². The van der Waals surface area contributed by atoms with Crippen LogP contribution in [0.5, 0.6) is 0 Å². The highest BCUT2D eigenvalue weighted by Gasteiger charge is 2.31. The Morgan fingerprint density at radius 2 is 2.29 bits per heavy atom. The van der Waals surface area contributed by atoms with E-state index < -0.39 is 0 Å². The van der Waals surface area contributed by atoms with Crippen molar-refractivity contribution in [2.45, 2.75) is 12.8 Å². The first-order valence-electron chi connectivity index (χ1n) is 5.34. The van der Waals surface area contributed by atoms with E-state index in [-0.39, 0.29) is 0 Å². The second-order valence-electron chi connectivity index (χ2n) is 4.00.